The predicted molar refractivity (Wildman–Crippen MR) is 131 cm³/mol. The summed E-state index contributed by atoms with van der Waals surface area (Å²) in [5, 5.41) is 2.78. The second kappa shape index (κ2) is 8.83. The van der Waals surface area contributed by atoms with E-state index in [9.17, 15) is 14.0 Å². The molecule has 0 spiro atoms. The van der Waals surface area contributed by atoms with E-state index in [0.717, 1.165) is 16.7 Å². The molecule has 0 aliphatic heterocycles. The quantitative estimate of drug-likeness (QED) is 0.387. The first-order chi connectivity index (χ1) is 16.9. The van der Waals surface area contributed by atoms with Crippen LogP contribution in [0, 0.1) is 12.7 Å². The molecule has 0 radical (unpaired) electrons. The molecule has 0 saturated heterocycles. The number of imidazole rings is 1. The Morgan fingerprint density at radius 2 is 1.80 bits per heavy atom. The lowest BCUT2D eigenvalue weighted by molar-refractivity contribution is 0.0995. The highest BCUT2D eigenvalue weighted by molar-refractivity contribution is 6.04. The number of nitrogens with two attached hydrogens (primary N) is 1. The fraction of sp³-hybridized carbons (Fsp3) is 0.0370. The smallest absolute Gasteiger partial charge is 0.274 e. The van der Waals surface area contributed by atoms with Gasteiger partial charge in [-0.3, -0.25) is 19.0 Å². The lowest BCUT2D eigenvalue weighted by Gasteiger charge is -2.11. The normalized spacial score (nSPS) is 10.9. The van der Waals surface area contributed by atoms with E-state index in [-0.39, 0.29) is 5.82 Å². The number of fused-ring (bicyclic) bond motifs is 1. The van der Waals surface area contributed by atoms with Crippen molar-refractivity contribution in [2.75, 3.05) is 5.32 Å². The molecule has 0 atom stereocenters. The van der Waals surface area contributed by atoms with Gasteiger partial charge < -0.3 is 11.1 Å². The first-order valence-corrected chi connectivity index (χ1v) is 10.8. The molecule has 5 rings (SSSR count). The van der Waals surface area contributed by atoms with Gasteiger partial charge in [0.1, 0.15) is 17.2 Å². The number of benzene rings is 2. The second-order valence-corrected chi connectivity index (χ2v) is 8.05. The summed E-state index contributed by atoms with van der Waals surface area (Å²) in [7, 11) is 0. The summed E-state index contributed by atoms with van der Waals surface area (Å²) in [6.07, 6.45) is 4.99. The lowest BCUT2D eigenvalue weighted by atomic mass is 9.99. The minimum atomic E-state index is -0.579. The molecule has 2 amide bonds. The molecule has 3 heterocycles. The summed E-state index contributed by atoms with van der Waals surface area (Å²) in [6.45, 7) is 1.71. The van der Waals surface area contributed by atoms with Gasteiger partial charge in [0.15, 0.2) is 0 Å². The SMILES string of the molecule is Cc1cc(-c2ncccc2-c2ccc3ncc(C(=O)Nc4cccc(C(N)=O)c4)n3c2)ccc1F. The van der Waals surface area contributed by atoms with Crippen molar-refractivity contribution in [2.24, 2.45) is 5.73 Å². The number of halogens is 1. The fourth-order valence-corrected chi connectivity index (χ4v) is 3.91. The van der Waals surface area contributed by atoms with Crippen molar-refractivity contribution < 1.29 is 14.0 Å². The maximum Gasteiger partial charge on any atom is 0.274 e. The van der Waals surface area contributed by atoms with Crippen LogP contribution in [-0.4, -0.2) is 26.2 Å². The number of nitrogens with one attached hydrogen (secondary N) is 1. The molecule has 3 N–H and O–H groups in total. The summed E-state index contributed by atoms with van der Waals surface area (Å²) >= 11 is 0. The van der Waals surface area contributed by atoms with Crippen LogP contribution in [0.5, 0.6) is 0 Å². The molecule has 8 heteroatoms. The van der Waals surface area contributed by atoms with Gasteiger partial charge in [-0.1, -0.05) is 12.1 Å². The number of rotatable bonds is 5. The van der Waals surface area contributed by atoms with Gasteiger partial charge in [0, 0.05) is 40.3 Å². The molecule has 5 aromatic rings. The van der Waals surface area contributed by atoms with E-state index in [2.05, 4.69) is 15.3 Å². The van der Waals surface area contributed by atoms with Gasteiger partial charge in [0.2, 0.25) is 5.91 Å². The molecule has 35 heavy (non-hydrogen) atoms. The molecule has 3 aromatic heterocycles. The minimum Gasteiger partial charge on any atom is -0.366 e. The predicted octanol–water partition coefficient (Wildman–Crippen LogP) is 4.86. The van der Waals surface area contributed by atoms with E-state index >= 15 is 0 Å². The van der Waals surface area contributed by atoms with Crippen molar-refractivity contribution in [1.29, 1.82) is 0 Å². The van der Waals surface area contributed by atoms with E-state index in [0.29, 0.717) is 33.8 Å². The standard InChI is InChI=1S/C27H20FN5O2/c1-16-12-17(7-9-22(16)28)25-21(6-3-11-30-25)19-8-10-24-31-14-23(33(24)15-19)27(35)32-20-5-2-4-18(13-20)26(29)34/h2-15H,1H3,(H2,29,34)(H,32,35). The zero-order chi connectivity index (χ0) is 24.5. The molecule has 0 aliphatic carbocycles. The molecule has 0 fully saturated rings. The third-order valence-electron chi connectivity index (χ3n) is 5.69. The molecule has 7 nitrogen and oxygen atoms in total. The van der Waals surface area contributed by atoms with Crippen LogP contribution in [0.1, 0.15) is 26.4 Å². The van der Waals surface area contributed by atoms with E-state index < -0.39 is 11.8 Å². The maximum absolute atomic E-state index is 13.8. The van der Waals surface area contributed by atoms with Crippen LogP contribution >= 0.6 is 0 Å². The summed E-state index contributed by atoms with van der Waals surface area (Å²) in [6, 6.07) is 18.8. The Morgan fingerprint density at radius 3 is 2.60 bits per heavy atom. The van der Waals surface area contributed by atoms with Crippen LogP contribution in [0.15, 0.2) is 85.3 Å². The number of anilines is 1. The van der Waals surface area contributed by atoms with Crippen LogP contribution in [0.25, 0.3) is 28.0 Å². The van der Waals surface area contributed by atoms with Gasteiger partial charge in [-0.05, 0) is 67.1 Å². The second-order valence-electron chi connectivity index (χ2n) is 8.05. The Labute approximate surface area is 200 Å². The molecule has 0 unspecified atom stereocenters. The average Bonchev–Trinajstić information content (AvgIpc) is 3.29. The number of pyridine rings is 2. The van der Waals surface area contributed by atoms with Crippen molar-refractivity contribution in [3.05, 3.63) is 108 Å². The topological polar surface area (TPSA) is 102 Å². The molecular weight excluding hydrogens is 445 g/mol. The zero-order valence-corrected chi connectivity index (χ0v) is 18.7. The maximum atomic E-state index is 13.8. The summed E-state index contributed by atoms with van der Waals surface area (Å²) < 4.78 is 15.5. The van der Waals surface area contributed by atoms with Gasteiger partial charge in [0.25, 0.3) is 5.91 Å². The number of primary amides is 1. The van der Waals surface area contributed by atoms with Gasteiger partial charge in [0.05, 0.1) is 11.9 Å². The third kappa shape index (κ3) is 4.24. The zero-order valence-electron chi connectivity index (χ0n) is 18.7. The van der Waals surface area contributed by atoms with E-state index in [1.165, 1.54) is 18.3 Å². The van der Waals surface area contributed by atoms with Crippen LogP contribution in [0.4, 0.5) is 10.1 Å². The molecule has 0 bridgehead atoms. The first-order valence-electron chi connectivity index (χ1n) is 10.8. The van der Waals surface area contributed by atoms with Crippen LogP contribution in [-0.2, 0) is 0 Å². The highest BCUT2D eigenvalue weighted by Crippen LogP contribution is 2.31. The highest BCUT2D eigenvalue weighted by Gasteiger charge is 2.16. The number of aryl methyl sites for hydroxylation is 1. The minimum absolute atomic E-state index is 0.275. The number of aromatic nitrogens is 3. The Morgan fingerprint density at radius 1 is 0.971 bits per heavy atom. The number of nitrogens with zero attached hydrogens (tertiary/aromatic N) is 3. The van der Waals surface area contributed by atoms with Gasteiger partial charge in [-0.2, -0.15) is 0 Å². The van der Waals surface area contributed by atoms with Crippen LogP contribution < -0.4 is 11.1 Å². The van der Waals surface area contributed by atoms with Gasteiger partial charge in [-0.25, -0.2) is 9.37 Å². The number of amides is 2. The summed E-state index contributed by atoms with van der Waals surface area (Å²) in [5.74, 6) is -1.25. The Kier molecular flexibility index (Phi) is 5.54. The number of carbonyl (C=O) groups excluding carboxylic acids is 2. The molecular formula is C27H20FN5O2. The van der Waals surface area contributed by atoms with Crippen molar-refractivity contribution in [3.63, 3.8) is 0 Å². The molecule has 0 aliphatic rings. The first kappa shape index (κ1) is 22.0. The summed E-state index contributed by atoms with van der Waals surface area (Å²) in [4.78, 5) is 33.4. The molecule has 2 aromatic carbocycles. The lowest BCUT2D eigenvalue weighted by Crippen LogP contribution is -2.16. The van der Waals surface area contributed by atoms with Gasteiger partial charge >= 0.3 is 0 Å². The summed E-state index contributed by atoms with van der Waals surface area (Å²) in [5.41, 5.74) is 10.6. The van der Waals surface area contributed by atoms with Crippen molar-refractivity contribution in [3.8, 4) is 22.4 Å². The van der Waals surface area contributed by atoms with E-state index in [1.54, 1.807) is 47.9 Å². The van der Waals surface area contributed by atoms with E-state index in [1.807, 2.05) is 30.5 Å². The largest absolute Gasteiger partial charge is 0.366 e. The fourth-order valence-electron chi connectivity index (χ4n) is 3.91. The Hall–Kier alpha value is -4.85. The average molecular weight is 465 g/mol. The van der Waals surface area contributed by atoms with Crippen molar-refractivity contribution >= 4 is 23.1 Å². The van der Waals surface area contributed by atoms with Crippen molar-refractivity contribution in [1.82, 2.24) is 14.4 Å². The van der Waals surface area contributed by atoms with Crippen LogP contribution in [0.2, 0.25) is 0 Å². The monoisotopic (exact) mass is 465 g/mol. The third-order valence-corrected chi connectivity index (χ3v) is 5.69. The highest BCUT2D eigenvalue weighted by atomic mass is 19.1. The number of hydrogen-bond donors (Lipinski definition) is 2. The van der Waals surface area contributed by atoms with E-state index in [4.69, 9.17) is 5.73 Å². The molecule has 0 saturated carbocycles. The Bertz CT molecular complexity index is 1610. The number of carbonyl (C=O) groups is 2. The van der Waals surface area contributed by atoms with Crippen LogP contribution in [0.3, 0.4) is 0 Å². The molecule has 172 valence electrons. The van der Waals surface area contributed by atoms with Gasteiger partial charge in [-0.15, -0.1) is 0 Å². The van der Waals surface area contributed by atoms with Crippen molar-refractivity contribution in [2.45, 2.75) is 6.92 Å². The Balaban J connectivity index is 1.53. The number of hydrogen-bond acceptors (Lipinski definition) is 4.